The first-order valence-electron chi connectivity index (χ1n) is 5.37. The molecule has 0 saturated carbocycles. The molecule has 0 aliphatic carbocycles. The van der Waals surface area contributed by atoms with Gasteiger partial charge in [-0.15, -0.1) is 0 Å². The largest absolute Gasteiger partial charge is 0.481 e. The third-order valence-electron chi connectivity index (χ3n) is 2.63. The molecule has 7 nitrogen and oxygen atoms in total. The Morgan fingerprint density at radius 2 is 2.18 bits per heavy atom. The van der Waals surface area contributed by atoms with Crippen LogP contribution in [0.5, 0.6) is 0 Å². The summed E-state index contributed by atoms with van der Waals surface area (Å²) in [4.78, 5) is 34.5. The Bertz CT molecular complexity index is 318. The smallest absolute Gasteiger partial charge is 0.317 e. The fraction of sp³-hybridized carbons (Fsp3) is 0.700. The van der Waals surface area contributed by atoms with Crippen LogP contribution in [-0.2, 0) is 14.3 Å². The number of likely N-dealkylation sites (tertiary alicyclic amines) is 1. The monoisotopic (exact) mass is 244 g/mol. The number of aliphatic carboxylic acids is 1. The van der Waals surface area contributed by atoms with Gasteiger partial charge in [0.15, 0.2) is 0 Å². The molecular weight excluding hydrogens is 228 g/mol. The molecule has 2 N–H and O–H groups in total. The van der Waals surface area contributed by atoms with E-state index in [0.29, 0.717) is 19.5 Å². The van der Waals surface area contributed by atoms with E-state index in [2.05, 4.69) is 10.1 Å². The van der Waals surface area contributed by atoms with Crippen LogP contribution in [0.2, 0.25) is 0 Å². The summed E-state index contributed by atoms with van der Waals surface area (Å²) in [6.45, 7) is 0.901. The van der Waals surface area contributed by atoms with Crippen molar-refractivity contribution < 1.29 is 24.2 Å². The average molecular weight is 244 g/mol. The molecule has 1 fully saturated rings. The van der Waals surface area contributed by atoms with Crippen molar-refractivity contribution in [1.82, 2.24) is 10.2 Å². The lowest BCUT2D eigenvalue weighted by Gasteiger charge is -2.16. The predicted molar refractivity (Wildman–Crippen MR) is 57.3 cm³/mol. The van der Waals surface area contributed by atoms with E-state index in [-0.39, 0.29) is 30.9 Å². The molecule has 0 aromatic carbocycles. The number of carbonyl (C=O) groups is 3. The lowest BCUT2D eigenvalue weighted by atomic mass is 10.1. The number of nitrogens with one attached hydrogen (secondary N) is 1. The molecule has 1 aliphatic rings. The summed E-state index contributed by atoms with van der Waals surface area (Å²) in [7, 11) is 1.32. The third kappa shape index (κ3) is 3.93. The van der Waals surface area contributed by atoms with Crippen LogP contribution in [0.15, 0.2) is 0 Å². The molecule has 0 aromatic rings. The van der Waals surface area contributed by atoms with Crippen molar-refractivity contribution in [3.05, 3.63) is 0 Å². The number of nitrogens with zero attached hydrogens (tertiary/aromatic N) is 1. The second-order valence-electron chi connectivity index (χ2n) is 3.83. The molecule has 1 aliphatic heterocycles. The zero-order valence-corrected chi connectivity index (χ0v) is 9.64. The van der Waals surface area contributed by atoms with Crippen molar-refractivity contribution in [3.63, 3.8) is 0 Å². The highest BCUT2D eigenvalue weighted by Gasteiger charge is 2.31. The highest BCUT2D eigenvalue weighted by atomic mass is 16.5. The first kappa shape index (κ1) is 13.3. The van der Waals surface area contributed by atoms with Gasteiger partial charge >= 0.3 is 18.0 Å². The van der Waals surface area contributed by atoms with Crippen LogP contribution in [0.3, 0.4) is 0 Å². The molecule has 1 atom stereocenters. The predicted octanol–water partition coefficient (Wildman–Crippen LogP) is -0.334. The van der Waals surface area contributed by atoms with Gasteiger partial charge in [0.25, 0.3) is 0 Å². The number of hydrogen-bond acceptors (Lipinski definition) is 4. The van der Waals surface area contributed by atoms with Crippen molar-refractivity contribution in [2.45, 2.75) is 12.8 Å². The molecule has 0 radical (unpaired) electrons. The van der Waals surface area contributed by atoms with Gasteiger partial charge in [0, 0.05) is 19.6 Å². The lowest BCUT2D eigenvalue weighted by Crippen LogP contribution is -2.39. The van der Waals surface area contributed by atoms with Gasteiger partial charge in [-0.25, -0.2) is 4.79 Å². The molecule has 1 heterocycles. The molecule has 1 unspecified atom stereocenters. The minimum atomic E-state index is -0.959. The van der Waals surface area contributed by atoms with E-state index in [0.717, 1.165) is 0 Å². The van der Waals surface area contributed by atoms with Crippen molar-refractivity contribution >= 4 is 18.0 Å². The van der Waals surface area contributed by atoms with Gasteiger partial charge < -0.3 is 20.1 Å². The normalized spacial score (nSPS) is 18.9. The number of amides is 2. The van der Waals surface area contributed by atoms with Crippen LogP contribution in [0.25, 0.3) is 0 Å². The fourth-order valence-electron chi connectivity index (χ4n) is 1.69. The maximum atomic E-state index is 11.6. The Morgan fingerprint density at radius 1 is 1.47 bits per heavy atom. The zero-order chi connectivity index (χ0) is 12.8. The van der Waals surface area contributed by atoms with Gasteiger partial charge in [0.2, 0.25) is 0 Å². The molecule has 1 rings (SSSR count). The number of carboxylic acid groups (broad SMARTS) is 1. The molecule has 2 amide bonds. The van der Waals surface area contributed by atoms with E-state index in [1.165, 1.54) is 12.0 Å². The summed E-state index contributed by atoms with van der Waals surface area (Å²) >= 11 is 0. The Balaban J connectivity index is 2.30. The minimum absolute atomic E-state index is 0.0908. The fourth-order valence-corrected chi connectivity index (χ4v) is 1.69. The van der Waals surface area contributed by atoms with Crippen molar-refractivity contribution in [2.24, 2.45) is 5.92 Å². The second kappa shape index (κ2) is 6.07. The first-order valence-corrected chi connectivity index (χ1v) is 5.37. The molecular formula is C10H16N2O5. The van der Waals surface area contributed by atoms with Crippen LogP contribution in [-0.4, -0.2) is 54.7 Å². The summed E-state index contributed by atoms with van der Waals surface area (Å²) in [6, 6.07) is -0.336. The zero-order valence-electron chi connectivity index (χ0n) is 9.64. The summed E-state index contributed by atoms with van der Waals surface area (Å²) in [5, 5.41) is 10.9. The number of urea groups is 1. The first-order chi connectivity index (χ1) is 8.04. The van der Waals surface area contributed by atoms with Crippen molar-refractivity contribution in [3.8, 4) is 0 Å². The minimum Gasteiger partial charge on any atom is -0.481 e. The Morgan fingerprint density at radius 3 is 2.76 bits per heavy atom. The van der Waals surface area contributed by atoms with Gasteiger partial charge in [0.1, 0.15) is 0 Å². The van der Waals surface area contributed by atoms with Crippen LogP contribution < -0.4 is 5.32 Å². The summed E-state index contributed by atoms with van der Waals surface area (Å²) in [5.74, 6) is -1.55. The van der Waals surface area contributed by atoms with E-state index >= 15 is 0 Å². The van der Waals surface area contributed by atoms with E-state index in [1.54, 1.807) is 0 Å². The molecule has 1 saturated heterocycles. The number of hydrogen-bond donors (Lipinski definition) is 2. The topological polar surface area (TPSA) is 95.9 Å². The van der Waals surface area contributed by atoms with Crippen molar-refractivity contribution in [2.75, 3.05) is 26.7 Å². The number of rotatable bonds is 4. The van der Waals surface area contributed by atoms with Crippen LogP contribution in [0, 0.1) is 5.92 Å². The highest BCUT2D eigenvalue weighted by Crippen LogP contribution is 2.17. The van der Waals surface area contributed by atoms with Gasteiger partial charge in [-0.2, -0.15) is 0 Å². The number of ether oxygens (including phenoxy) is 1. The SMILES string of the molecule is COC(=O)C1CCN(C(=O)NCCC(=O)O)C1. The second-order valence-corrected chi connectivity index (χ2v) is 3.83. The van der Waals surface area contributed by atoms with Crippen LogP contribution in [0.4, 0.5) is 4.79 Å². The number of carbonyl (C=O) groups excluding carboxylic acids is 2. The van der Waals surface area contributed by atoms with Gasteiger partial charge in [0.05, 0.1) is 19.4 Å². The molecule has 96 valence electrons. The Labute approximate surface area is 98.7 Å². The number of esters is 1. The highest BCUT2D eigenvalue weighted by molar-refractivity contribution is 5.78. The summed E-state index contributed by atoms with van der Waals surface area (Å²) in [5.41, 5.74) is 0. The number of methoxy groups -OCH3 is 1. The maximum absolute atomic E-state index is 11.6. The van der Waals surface area contributed by atoms with Gasteiger partial charge in [-0.3, -0.25) is 9.59 Å². The number of carboxylic acids is 1. The molecule has 0 bridgehead atoms. The summed E-state index contributed by atoms with van der Waals surface area (Å²) < 4.78 is 4.60. The van der Waals surface area contributed by atoms with Crippen LogP contribution >= 0.6 is 0 Å². The van der Waals surface area contributed by atoms with Crippen LogP contribution in [0.1, 0.15) is 12.8 Å². The Kier molecular flexibility index (Phi) is 4.74. The van der Waals surface area contributed by atoms with E-state index < -0.39 is 5.97 Å². The Hall–Kier alpha value is -1.79. The summed E-state index contributed by atoms with van der Waals surface area (Å²) in [6.07, 6.45) is 0.471. The molecule has 17 heavy (non-hydrogen) atoms. The standard InChI is InChI=1S/C10H16N2O5/c1-17-9(15)7-3-5-12(6-7)10(16)11-4-2-8(13)14/h7H,2-6H2,1H3,(H,11,16)(H,13,14). The maximum Gasteiger partial charge on any atom is 0.317 e. The quantitative estimate of drug-likeness (QED) is 0.660. The molecule has 7 heteroatoms. The van der Waals surface area contributed by atoms with E-state index in [9.17, 15) is 14.4 Å². The van der Waals surface area contributed by atoms with E-state index in [4.69, 9.17) is 5.11 Å². The van der Waals surface area contributed by atoms with E-state index in [1.807, 2.05) is 0 Å². The van der Waals surface area contributed by atoms with Crippen molar-refractivity contribution in [1.29, 1.82) is 0 Å². The third-order valence-corrected chi connectivity index (χ3v) is 2.63. The van der Waals surface area contributed by atoms with Gasteiger partial charge in [-0.05, 0) is 6.42 Å². The van der Waals surface area contributed by atoms with Gasteiger partial charge in [-0.1, -0.05) is 0 Å². The lowest BCUT2D eigenvalue weighted by molar-refractivity contribution is -0.144. The molecule has 0 spiro atoms. The average Bonchev–Trinajstić information content (AvgIpc) is 2.76. The molecule has 0 aromatic heterocycles.